The molecule has 0 radical (unpaired) electrons. The van der Waals surface area contributed by atoms with E-state index in [4.69, 9.17) is 4.74 Å². The number of nitrogens with one attached hydrogen (secondary N) is 1. The van der Waals surface area contributed by atoms with Crippen molar-refractivity contribution in [2.75, 3.05) is 20.2 Å². The first-order chi connectivity index (χ1) is 8.91. The van der Waals surface area contributed by atoms with Gasteiger partial charge in [-0.25, -0.2) is 13.2 Å². The van der Waals surface area contributed by atoms with Crippen LogP contribution in [0.5, 0.6) is 5.75 Å². The SMILES string of the molecule is COc1c(F)cc(C(C)(F)F)cc1CC1CCNC1. The largest absolute Gasteiger partial charge is 0.493 e. The third-order valence-electron chi connectivity index (χ3n) is 3.50. The molecule has 1 aromatic rings. The number of hydrogen-bond donors (Lipinski definition) is 1. The molecular weight excluding hydrogens is 255 g/mol. The molecule has 1 atom stereocenters. The monoisotopic (exact) mass is 273 g/mol. The predicted octanol–water partition coefficient (Wildman–Crippen LogP) is 3.10. The lowest BCUT2D eigenvalue weighted by molar-refractivity contribution is 0.0170. The number of rotatable bonds is 4. The Labute approximate surface area is 111 Å². The highest BCUT2D eigenvalue weighted by Crippen LogP contribution is 2.34. The van der Waals surface area contributed by atoms with Crippen LogP contribution < -0.4 is 10.1 Å². The molecule has 1 aliphatic heterocycles. The summed E-state index contributed by atoms with van der Waals surface area (Å²) in [6.07, 6.45) is 1.52. The number of halogens is 3. The quantitative estimate of drug-likeness (QED) is 0.910. The van der Waals surface area contributed by atoms with Crippen LogP contribution in [0.3, 0.4) is 0 Å². The first-order valence-electron chi connectivity index (χ1n) is 6.37. The van der Waals surface area contributed by atoms with Gasteiger partial charge in [0, 0.05) is 12.5 Å². The molecule has 1 saturated heterocycles. The zero-order valence-corrected chi connectivity index (χ0v) is 11.1. The maximum absolute atomic E-state index is 13.8. The molecular formula is C14H18F3NO. The number of ether oxygens (including phenoxy) is 1. The molecule has 1 heterocycles. The van der Waals surface area contributed by atoms with Gasteiger partial charge < -0.3 is 10.1 Å². The molecule has 0 amide bonds. The predicted molar refractivity (Wildman–Crippen MR) is 67.2 cm³/mol. The van der Waals surface area contributed by atoms with Gasteiger partial charge in [0.15, 0.2) is 11.6 Å². The van der Waals surface area contributed by atoms with Gasteiger partial charge in [-0.05, 0) is 49.5 Å². The average molecular weight is 273 g/mol. The van der Waals surface area contributed by atoms with Crippen LogP contribution in [-0.2, 0) is 12.3 Å². The first-order valence-corrected chi connectivity index (χ1v) is 6.37. The zero-order valence-electron chi connectivity index (χ0n) is 11.1. The molecule has 106 valence electrons. The minimum Gasteiger partial charge on any atom is -0.493 e. The summed E-state index contributed by atoms with van der Waals surface area (Å²) in [6, 6.07) is 2.22. The molecule has 1 aromatic carbocycles. The summed E-state index contributed by atoms with van der Waals surface area (Å²) in [5.74, 6) is -3.34. The van der Waals surface area contributed by atoms with E-state index in [9.17, 15) is 13.2 Å². The lowest BCUT2D eigenvalue weighted by atomic mass is 9.95. The second-order valence-electron chi connectivity index (χ2n) is 5.10. The fraction of sp³-hybridized carbons (Fsp3) is 0.571. The zero-order chi connectivity index (χ0) is 14.0. The van der Waals surface area contributed by atoms with E-state index in [1.165, 1.54) is 13.2 Å². The molecule has 19 heavy (non-hydrogen) atoms. The molecule has 5 heteroatoms. The molecule has 1 aliphatic rings. The smallest absolute Gasteiger partial charge is 0.270 e. The van der Waals surface area contributed by atoms with Crippen LogP contribution in [0.2, 0.25) is 0 Å². The van der Waals surface area contributed by atoms with Gasteiger partial charge in [0.2, 0.25) is 0 Å². The number of methoxy groups -OCH3 is 1. The van der Waals surface area contributed by atoms with Crippen LogP contribution in [0.15, 0.2) is 12.1 Å². The Morgan fingerprint density at radius 3 is 2.68 bits per heavy atom. The summed E-state index contributed by atoms with van der Waals surface area (Å²) in [7, 11) is 1.36. The van der Waals surface area contributed by atoms with E-state index >= 15 is 0 Å². The normalized spacial score (nSPS) is 19.7. The molecule has 1 unspecified atom stereocenters. The van der Waals surface area contributed by atoms with E-state index in [2.05, 4.69) is 5.32 Å². The van der Waals surface area contributed by atoms with E-state index in [-0.39, 0.29) is 11.3 Å². The summed E-state index contributed by atoms with van der Waals surface area (Å²) in [6.45, 7) is 2.52. The molecule has 0 bridgehead atoms. The Bertz CT molecular complexity index is 451. The highest BCUT2D eigenvalue weighted by molar-refractivity contribution is 5.40. The molecule has 1 fully saturated rings. The van der Waals surface area contributed by atoms with Crippen LogP contribution >= 0.6 is 0 Å². The summed E-state index contributed by atoms with van der Waals surface area (Å²) in [4.78, 5) is 0. The maximum atomic E-state index is 13.8. The maximum Gasteiger partial charge on any atom is 0.270 e. The summed E-state index contributed by atoms with van der Waals surface area (Å²) < 4.78 is 45.5. The Hall–Kier alpha value is -1.23. The van der Waals surface area contributed by atoms with Crippen LogP contribution in [0.25, 0.3) is 0 Å². The highest BCUT2D eigenvalue weighted by atomic mass is 19.3. The third kappa shape index (κ3) is 3.21. The van der Waals surface area contributed by atoms with Crippen molar-refractivity contribution in [3.63, 3.8) is 0 Å². The van der Waals surface area contributed by atoms with Crippen molar-refractivity contribution in [2.45, 2.75) is 25.7 Å². The van der Waals surface area contributed by atoms with Crippen molar-refractivity contribution in [1.29, 1.82) is 0 Å². The van der Waals surface area contributed by atoms with Gasteiger partial charge in [0.25, 0.3) is 5.92 Å². The average Bonchev–Trinajstić information content (AvgIpc) is 2.80. The van der Waals surface area contributed by atoms with Gasteiger partial charge in [-0.2, -0.15) is 0 Å². The Balaban J connectivity index is 2.35. The van der Waals surface area contributed by atoms with Gasteiger partial charge in [0.1, 0.15) is 0 Å². The van der Waals surface area contributed by atoms with Gasteiger partial charge >= 0.3 is 0 Å². The van der Waals surface area contributed by atoms with Gasteiger partial charge in [0.05, 0.1) is 7.11 Å². The van der Waals surface area contributed by atoms with Gasteiger partial charge in [-0.15, -0.1) is 0 Å². The topological polar surface area (TPSA) is 21.3 Å². The second-order valence-corrected chi connectivity index (χ2v) is 5.10. The fourth-order valence-electron chi connectivity index (χ4n) is 2.48. The van der Waals surface area contributed by atoms with Crippen molar-refractivity contribution < 1.29 is 17.9 Å². The van der Waals surface area contributed by atoms with E-state index < -0.39 is 11.7 Å². The molecule has 2 rings (SSSR count). The number of hydrogen-bond acceptors (Lipinski definition) is 2. The molecule has 0 spiro atoms. The van der Waals surface area contributed by atoms with Crippen molar-refractivity contribution in [3.05, 3.63) is 29.1 Å². The van der Waals surface area contributed by atoms with Crippen LogP contribution in [0.4, 0.5) is 13.2 Å². The van der Waals surface area contributed by atoms with Crippen molar-refractivity contribution in [1.82, 2.24) is 5.32 Å². The number of benzene rings is 1. The molecule has 1 N–H and O–H groups in total. The van der Waals surface area contributed by atoms with E-state index in [1.807, 2.05) is 0 Å². The van der Waals surface area contributed by atoms with Gasteiger partial charge in [-0.1, -0.05) is 0 Å². The van der Waals surface area contributed by atoms with Crippen LogP contribution in [-0.4, -0.2) is 20.2 Å². The Morgan fingerprint density at radius 2 is 2.16 bits per heavy atom. The first kappa shape index (κ1) is 14.2. The Morgan fingerprint density at radius 1 is 1.42 bits per heavy atom. The highest BCUT2D eigenvalue weighted by Gasteiger charge is 2.28. The van der Waals surface area contributed by atoms with E-state index in [1.54, 1.807) is 0 Å². The van der Waals surface area contributed by atoms with Crippen molar-refractivity contribution in [2.24, 2.45) is 5.92 Å². The second kappa shape index (κ2) is 5.41. The molecule has 0 aromatic heterocycles. The van der Waals surface area contributed by atoms with Gasteiger partial charge in [-0.3, -0.25) is 0 Å². The lowest BCUT2D eigenvalue weighted by Gasteiger charge is -2.17. The van der Waals surface area contributed by atoms with E-state index in [0.29, 0.717) is 17.9 Å². The minimum atomic E-state index is -3.05. The summed E-state index contributed by atoms with van der Waals surface area (Å²) in [5, 5.41) is 3.21. The fourth-order valence-corrected chi connectivity index (χ4v) is 2.48. The minimum absolute atomic E-state index is 0.0832. The molecule has 0 saturated carbocycles. The van der Waals surface area contributed by atoms with Crippen LogP contribution in [0.1, 0.15) is 24.5 Å². The van der Waals surface area contributed by atoms with Crippen molar-refractivity contribution >= 4 is 0 Å². The van der Waals surface area contributed by atoms with Crippen LogP contribution in [0, 0.1) is 11.7 Å². The molecule has 0 aliphatic carbocycles. The summed E-state index contributed by atoms with van der Waals surface area (Å²) in [5.41, 5.74) is 0.222. The number of alkyl halides is 2. The van der Waals surface area contributed by atoms with E-state index in [0.717, 1.165) is 32.5 Å². The Kier molecular flexibility index (Phi) is 4.04. The standard InChI is InChI=1S/C14H18F3NO/c1-14(16,17)11-6-10(5-9-3-4-18-8-9)13(19-2)12(15)7-11/h6-7,9,18H,3-5,8H2,1-2H3. The third-order valence-corrected chi connectivity index (χ3v) is 3.50. The lowest BCUT2D eigenvalue weighted by Crippen LogP contribution is -2.13. The molecule has 2 nitrogen and oxygen atoms in total. The summed E-state index contributed by atoms with van der Waals surface area (Å²) >= 11 is 0. The van der Waals surface area contributed by atoms with Crippen molar-refractivity contribution in [3.8, 4) is 5.75 Å².